The first-order chi connectivity index (χ1) is 12.1. The number of hydrogen-bond acceptors (Lipinski definition) is 4. The normalized spacial score (nSPS) is 18.2. The van der Waals surface area contributed by atoms with E-state index in [0.717, 1.165) is 36.8 Å². The molecule has 2 heterocycles. The lowest BCUT2D eigenvalue weighted by Crippen LogP contribution is -2.33. The Kier molecular flexibility index (Phi) is 6.45. The lowest BCUT2D eigenvalue weighted by molar-refractivity contribution is -0.116. The average Bonchev–Trinajstić information content (AvgIpc) is 3.01. The molecule has 1 saturated heterocycles. The molecule has 1 aromatic heterocycles. The first-order valence-electron chi connectivity index (χ1n) is 8.79. The highest BCUT2D eigenvalue weighted by atomic mass is 35.5. The number of halogens is 1. The summed E-state index contributed by atoms with van der Waals surface area (Å²) in [5.74, 6) is 0.766. The molecular weight excluding hydrogens is 354 g/mol. The van der Waals surface area contributed by atoms with Crippen LogP contribution in [0.25, 0.3) is 0 Å². The third kappa shape index (κ3) is 5.80. The Morgan fingerprint density at radius 2 is 2.20 bits per heavy atom. The van der Waals surface area contributed by atoms with Gasteiger partial charge in [0.25, 0.3) is 0 Å². The fraction of sp³-hybridized carbons (Fsp3) is 0.474. The van der Waals surface area contributed by atoms with Gasteiger partial charge < -0.3 is 5.32 Å². The van der Waals surface area contributed by atoms with E-state index in [1.165, 1.54) is 24.2 Å². The lowest BCUT2D eigenvalue weighted by Gasteiger charge is -2.30. The number of aryl methyl sites for hydroxylation is 1. The molecule has 0 radical (unpaired) electrons. The third-order valence-electron chi connectivity index (χ3n) is 4.48. The number of thiazole rings is 1. The van der Waals surface area contributed by atoms with Crippen LogP contribution in [0.2, 0.25) is 5.02 Å². The molecule has 1 amide bonds. The number of anilines is 1. The third-order valence-corrected chi connectivity index (χ3v) is 5.54. The molecule has 0 bridgehead atoms. The van der Waals surface area contributed by atoms with E-state index >= 15 is 0 Å². The van der Waals surface area contributed by atoms with Gasteiger partial charge >= 0.3 is 0 Å². The second-order valence-corrected chi connectivity index (χ2v) is 8.10. The van der Waals surface area contributed by atoms with E-state index in [1.807, 2.05) is 29.6 Å². The van der Waals surface area contributed by atoms with Crippen LogP contribution in [0, 0.1) is 5.92 Å². The van der Waals surface area contributed by atoms with Crippen LogP contribution in [0.1, 0.15) is 37.4 Å². The lowest BCUT2D eigenvalue weighted by atomic mass is 10.0. The first kappa shape index (κ1) is 18.4. The van der Waals surface area contributed by atoms with Gasteiger partial charge in [0.05, 0.1) is 5.69 Å². The van der Waals surface area contributed by atoms with E-state index in [9.17, 15) is 4.79 Å². The zero-order valence-electron chi connectivity index (χ0n) is 14.5. The molecule has 0 aliphatic carbocycles. The highest BCUT2D eigenvalue weighted by molar-refractivity contribution is 7.13. The van der Waals surface area contributed by atoms with Crippen molar-refractivity contribution in [2.75, 3.05) is 18.4 Å². The number of carbonyl (C=O) groups excluding carboxylic acids is 1. The molecule has 1 aliphatic rings. The Morgan fingerprint density at radius 1 is 1.40 bits per heavy atom. The van der Waals surface area contributed by atoms with Crippen LogP contribution < -0.4 is 5.32 Å². The van der Waals surface area contributed by atoms with Crippen LogP contribution in [0.15, 0.2) is 29.6 Å². The minimum Gasteiger partial charge on any atom is -0.302 e. The second kappa shape index (κ2) is 8.79. The first-order valence-corrected chi connectivity index (χ1v) is 10.1. The number of benzene rings is 1. The van der Waals surface area contributed by atoms with E-state index in [-0.39, 0.29) is 5.91 Å². The summed E-state index contributed by atoms with van der Waals surface area (Å²) in [6.07, 6.45) is 3.73. The van der Waals surface area contributed by atoms with Crippen LogP contribution in [0.5, 0.6) is 0 Å². The monoisotopic (exact) mass is 377 g/mol. The van der Waals surface area contributed by atoms with Crippen molar-refractivity contribution >= 4 is 34.0 Å². The Hall–Kier alpha value is -1.43. The molecule has 0 saturated carbocycles. The van der Waals surface area contributed by atoms with Gasteiger partial charge in [0, 0.05) is 29.9 Å². The number of nitrogens with zero attached hydrogens (tertiary/aromatic N) is 2. The molecule has 2 aromatic rings. The van der Waals surface area contributed by atoms with E-state index in [1.54, 1.807) is 0 Å². The van der Waals surface area contributed by atoms with Gasteiger partial charge in [-0.2, -0.15) is 0 Å². The van der Waals surface area contributed by atoms with Gasteiger partial charge in [0.15, 0.2) is 5.13 Å². The quantitative estimate of drug-likeness (QED) is 0.800. The van der Waals surface area contributed by atoms with E-state index in [4.69, 9.17) is 11.6 Å². The van der Waals surface area contributed by atoms with Crippen LogP contribution in [-0.4, -0.2) is 28.9 Å². The zero-order chi connectivity index (χ0) is 17.6. The van der Waals surface area contributed by atoms with Gasteiger partial charge in [-0.15, -0.1) is 11.3 Å². The number of hydrogen-bond donors (Lipinski definition) is 1. The van der Waals surface area contributed by atoms with Crippen molar-refractivity contribution in [3.63, 3.8) is 0 Å². The number of aromatic nitrogens is 1. The highest BCUT2D eigenvalue weighted by Crippen LogP contribution is 2.21. The smallest absolute Gasteiger partial charge is 0.226 e. The number of carbonyl (C=O) groups is 1. The van der Waals surface area contributed by atoms with Crippen LogP contribution >= 0.6 is 22.9 Å². The Morgan fingerprint density at radius 3 is 2.96 bits per heavy atom. The Bertz CT molecular complexity index is 701. The van der Waals surface area contributed by atoms with E-state index < -0.39 is 0 Å². The summed E-state index contributed by atoms with van der Waals surface area (Å²) >= 11 is 7.38. The van der Waals surface area contributed by atoms with Crippen LogP contribution in [-0.2, 0) is 17.8 Å². The SMILES string of the molecule is C[C@@H]1CCCN(Cc2csc(NC(=O)CCc3ccc(Cl)cc3)n2)C1. The molecule has 3 rings (SSSR count). The zero-order valence-corrected chi connectivity index (χ0v) is 16.1. The topological polar surface area (TPSA) is 45.2 Å². The Balaban J connectivity index is 1.45. The fourth-order valence-corrected chi connectivity index (χ4v) is 4.03. The summed E-state index contributed by atoms with van der Waals surface area (Å²) in [6, 6.07) is 7.61. The number of rotatable bonds is 6. The van der Waals surface area contributed by atoms with Gasteiger partial charge in [-0.25, -0.2) is 4.98 Å². The van der Waals surface area contributed by atoms with Crippen molar-refractivity contribution in [2.45, 2.75) is 39.2 Å². The molecule has 4 nitrogen and oxygen atoms in total. The van der Waals surface area contributed by atoms with Crippen molar-refractivity contribution in [1.82, 2.24) is 9.88 Å². The summed E-state index contributed by atoms with van der Waals surface area (Å²) in [4.78, 5) is 19.1. The van der Waals surface area contributed by atoms with Gasteiger partial charge in [0.1, 0.15) is 0 Å². The minimum absolute atomic E-state index is 0.00226. The molecule has 0 unspecified atom stereocenters. The second-order valence-electron chi connectivity index (χ2n) is 6.80. The summed E-state index contributed by atoms with van der Waals surface area (Å²) in [5.41, 5.74) is 2.16. The maximum absolute atomic E-state index is 12.1. The molecule has 1 aliphatic heterocycles. The van der Waals surface area contributed by atoms with Gasteiger partial charge in [0.2, 0.25) is 5.91 Å². The number of amides is 1. The predicted molar refractivity (Wildman–Crippen MR) is 104 cm³/mol. The van der Waals surface area contributed by atoms with Gasteiger partial charge in [-0.05, 0) is 49.4 Å². The summed E-state index contributed by atoms with van der Waals surface area (Å²) in [5, 5.41) is 6.37. The molecule has 1 N–H and O–H groups in total. The molecular formula is C19H24ClN3OS. The summed E-state index contributed by atoms with van der Waals surface area (Å²) < 4.78 is 0. The maximum atomic E-state index is 12.1. The van der Waals surface area contributed by atoms with Gasteiger partial charge in [-0.3, -0.25) is 9.69 Å². The van der Waals surface area contributed by atoms with Crippen molar-refractivity contribution < 1.29 is 4.79 Å². The van der Waals surface area contributed by atoms with E-state index in [0.29, 0.717) is 23.0 Å². The van der Waals surface area contributed by atoms with Crippen LogP contribution in [0.3, 0.4) is 0 Å². The molecule has 1 atom stereocenters. The molecule has 1 aromatic carbocycles. The van der Waals surface area contributed by atoms with Crippen LogP contribution in [0.4, 0.5) is 5.13 Å². The van der Waals surface area contributed by atoms with Crippen molar-refractivity contribution in [3.05, 3.63) is 45.9 Å². The molecule has 1 fully saturated rings. The molecule has 134 valence electrons. The predicted octanol–water partition coefficient (Wildman–Crippen LogP) is 4.60. The van der Waals surface area contributed by atoms with E-state index in [2.05, 4.69) is 22.1 Å². The maximum Gasteiger partial charge on any atom is 0.226 e. The Labute approximate surface area is 158 Å². The number of likely N-dealkylation sites (tertiary alicyclic amines) is 1. The molecule has 25 heavy (non-hydrogen) atoms. The van der Waals surface area contributed by atoms with Crippen molar-refractivity contribution in [1.29, 1.82) is 0 Å². The molecule has 0 spiro atoms. The minimum atomic E-state index is 0.00226. The van der Waals surface area contributed by atoms with Crippen molar-refractivity contribution in [3.8, 4) is 0 Å². The standard InChI is InChI=1S/C19H24ClN3OS/c1-14-3-2-10-23(11-14)12-17-13-25-19(21-17)22-18(24)9-6-15-4-7-16(20)8-5-15/h4-5,7-8,13-14H,2-3,6,9-12H2,1H3,(H,21,22,24)/t14-/m1/s1. The summed E-state index contributed by atoms with van der Waals surface area (Å²) in [6.45, 7) is 5.46. The average molecular weight is 378 g/mol. The number of piperidine rings is 1. The van der Waals surface area contributed by atoms with Gasteiger partial charge in [-0.1, -0.05) is 30.7 Å². The largest absolute Gasteiger partial charge is 0.302 e. The summed E-state index contributed by atoms with van der Waals surface area (Å²) in [7, 11) is 0. The highest BCUT2D eigenvalue weighted by Gasteiger charge is 2.17. The number of nitrogens with one attached hydrogen (secondary N) is 1. The van der Waals surface area contributed by atoms with Crippen molar-refractivity contribution in [2.24, 2.45) is 5.92 Å². The molecule has 6 heteroatoms. The fourth-order valence-electron chi connectivity index (χ4n) is 3.19.